The lowest BCUT2D eigenvalue weighted by molar-refractivity contribution is -0.140. The van der Waals surface area contributed by atoms with E-state index in [4.69, 9.17) is 27.9 Å². The fraction of sp³-hybridized carbons (Fsp3) is 0.333. The van der Waals surface area contributed by atoms with Gasteiger partial charge in [0.1, 0.15) is 18.3 Å². The third-order valence-electron chi connectivity index (χ3n) is 6.40. The first kappa shape index (κ1) is 32.2. The Hall–Kier alpha value is -3.27. The minimum absolute atomic E-state index is 0.0102. The third-order valence-corrected chi connectivity index (χ3v) is 8.77. The van der Waals surface area contributed by atoms with Gasteiger partial charge in [-0.1, -0.05) is 68.2 Å². The lowest BCUT2D eigenvalue weighted by atomic mass is 10.1. The first-order valence-electron chi connectivity index (χ1n) is 13.2. The molecule has 0 saturated heterocycles. The third kappa shape index (κ3) is 8.38. The molecule has 0 spiro atoms. The van der Waals surface area contributed by atoms with Gasteiger partial charge >= 0.3 is 0 Å². The second-order valence-electron chi connectivity index (χ2n) is 9.84. The van der Waals surface area contributed by atoms with Crippen molar-refractivity contribution in [3.63, 3.8) is 0 Å². The summed E-state index contributed by atoms with van der Waals surface area (Å²) in [6.45, 7) is 5.61. The second-order valence-corrected chi connectivity index (χ2v) is 12.5. The standard InChI is InChI=1S/C30H35Cl2N3O5S/c1-5-28(30(37)33-18-21(2)3)34(19-22-11-12-23(31)17-27(22)32)29(36)20-35(24-9-7-6-8-10-24)41(38,39)26-15-13-25(40-4)14-16-26/h6-17,21,28H,5,18-20H2,1-4H3,(H,33,37). The molecule has 8 nitrogen and oxygen atoms in total. The van der Waals surface area contributed by atoms with Gasteiger partial charge in [-0.05, 0) is 66.4 Å². The molecule has 0 radical (unpaired) electrons. The maximum atomic E-state index is 14.1. The summed E-state index contributed by atoms with van der Waals surface area (Å²) in [5, 5.41) is 3.66. The largest absolute Gasteiger partial charge is 0.497 e. The maximum Gasteiger partial charge on any atom is 0.264 e. The van der Waals surface area contributed by atoms with Crippen molar-refractivity contribution in [1.82, 2.24) is 10.2 Å². The van der Waals surface area contributed by atoms with Crippen molar-refractivity contribution < 1.29 is 22.7 Å². The Morgan fingerprint density at radius 1 is 0.976 bits per heavy atom. The maximum absolute atomic E-state index is 14.1. The highest BCUT2D eigenvalue weighted by Crippen LogP contribution is 2.27. The number of carbonyl (C=O) groups excluding carboxylic acids is 2. The summed E-state index contributed by atoms with van der Waals surface area (Å²) in [4.78, 5) is 28.7. The van der Waals surface area contributed by atoms with Gasteiger partial charge in [-0.25, -0.2) is 8.42 Å². The zero-order valence-corrected chi connectivity index (χ0v) is 25.8. The van der Waals surface area contributed by atoms with E-state index < -0.39 is 28.5 Å². The number of nitrogens with one attached hydrogen (secondary N) is 1. The van der Waals surface area contributed by atoms with Crippen LogP contribution in [-0.4, -0.2) is 51.4 Å². The Labute approximate surface area is 252 Å². The Balaban J connectivity index is 2.04. The summed E-state index contributed by atoms with van der Waals surface area (Å²) >= 11 is 12.5. The molecule has 0 aromatic heterocycles. The van der Waals surface area contributed by atoms with Gasteiger partial charge in [-0.3, -0.25) is 13.9 Å². The lowest BCUT2D eigenvalue weighted by Gasteiger charge is -2.33. The van der Waals surface area contributed by atoms with Gasteiger partial charge in [0.25, 0.3) is 10.0 Å². The van der Waals surface area contributed by atoms with Gasteiger partial charge in [-0.15, -0.1) is 0 Å². The number of methoxy groups -OCH3 is 1. The topological polar surface area (TPSA) is 96.0 Å². The number of carbonyl (C=O) groups is 2. The van der Waals surface area contributed by atoms with Crippen LogP contribution in [0.3, 0.4) is 0 Å². The molecule has 1 atom stereocenters. The van der Waals surface area contributed by atoms with Crippen LogP contribution in [0.25, 0.3) is 0 Å². The first-order valence-corrected chi connectivity index (χ1v) is 15.4. The number of benzene rings is 3. The van der Waals surface area contributed by atoms with Crippen LogP contribution in [0.1, 0.15) is 32.8 Å². The number of amides is 2. The fourth-order valence-electron chi connectivity index (χ4n) is 4.17. The smallest absolute Gasteiger partial charge is 0.264 e. The number of hydrogen-bond acceptors (Lipinski definition) is 5. The van der Waals surface area contributed by atoms with Crippen molar-refractivity contribution in [2.24, 2.45) is 5.92 Å². The zero-order valence-electron chi connectivity index (χ0n) is 23.5. The average molecular weight is 621 g/mol. The Morgan fingerprint density at radius 2 is 1.63 bits per heavy atom. The van der Waals surface area contributed by atoms with Crippen LogP contribution >= 0.6 is 23.2 Å². The van der Waals surface area contributed by atoms with Gasteiger partial charge in [0.2, 0.25) is 11.8 Å². The van der Waals surface area contributed by atoms with Gasteiger partial charge in [0.05, 0.1) is 17.7 Å². The zero-order chi connectivity index (χ0) is 30.2. The van der Waals surface area contributed by atoms with E-state index in [-0.39, 0.29) is 23.3 Å². The predicted molar refractivity (Wildman–Crippen MR) is 163 cm³/mol. The number of nitrogens with zero attached hydrogens (tertiary/aromatic N) is 2. The number of para-hydroxylation sites is 1. The molecule has 3 rings (SSSR count). The van der Waals surface area contributed by atoms with Crippen molar-refractivity contribution in [2.75, 3.05) is 24.5 Å². The Bertz CT molecular complexity index is 1430. The molecule has 3 aromatic rings. The molecule has 220 valence electrons. The monoisotopic (exact) mass is 619 g/mol. The highest BCUT2D eigenvalue weighted by atomic mass is 35.5. The molecule has 0 heterocycles. The number of rotatable bonds is 13. The van der Waals surface area contributed by atoms with Crippen LogP contribution in [0.15, 0.2) is 77.7 Å². The van der Waals surface area contributed by atoms with E-state index in [1.807, 2.05) is 13.8 Å². The van der Waals surface area contributed by atoms with Crippen molar-refractivity contribution in [2.45, 2.75) is 44.7 Å². The van der Waals surface area contributed by atoms with Crippen molar-refractivity contribution >= 4 is 50.7 Å². The number of ether oxygens (including phenoxy) is 1. The van der Waals surface area contributed by atoms with Crippen LogP contribution in [-0.2, 0) is 26.2 Å². The highest BCUT2D eigenvalue weighted by molar-refractivity contribution is 7.92. The average Bonchev–Trinajstić information content (AvgIpc) is 2.96. The Morgan fingerprint density at radius 3 is 2.20 bits per heavy atom. The molecule has 0 aliphatic rings. The van der Waals surface area contributed by atoms with Crippen molar-refractivity contribution in [3.05, 3.63) is 88.4 Å². The van der Waals surface area contributed by atoms with E-state index in [1.54, 1.807) is 67.6 Å². The van der Waals surface area contributed by atoms with Gasteiger partial charge in [-0.2, -0.15) is 0 Å². The summed E-state index contributed by atoms with van der Waals surface area (Å²) in [5.41, 5.74) is 0.877. The molecule has 0 bridgehead atoms. The van der Waals surface area contributed by atoms with E-state index in [2.05, 4.69) is 5.32 Å². The molecule has 0 aliphatic heterocycles. The van der Waals surface area contributed by atoms with Gasteiger partial charge in [0.15, 0.2) is 0 Å². The minimum Gasteiger partial charge on any atom is -0.497 e. The molecule has 2 amide bonds. The molecule has 1 unspecified atom stereocenters. The number of sulfonamides is 1. The van der Waals surface area contributed by atoms with Crippen molar-refractivity contribution in [1.29, 1.82) is 0 Å². The normalized spacial score (nSPS) is 12.1. The summed E-state index contributed by atoms with van der Waals surface area (Å²) < 4.78 is 34.0. The summed E-state index contributed by atoms with van der Waals surface area (Å²) in [7, 11) is -2.69. The predicted octanol–water partition coefficient (Wildman–Crippen LogP) is 5.78. The molecule has 1 N–H and O–H groups in total. The number of hydrogen-bond donors (Lipinski definition) is 1. The van der Waals surface area contributed by atoms with Crippen molar-refractivity contribution in [3.8, 4) is 5.75 Å². The molecular weight excluding hydrogens is 585 g/mol. The van der Waals surface area contributed by atoms with Crippen LogP contribution < -0.4 is 14.4 Å². The van der Waals surface area contributed by atoms with Crippen LogP contribution in [0.4, 0.5) is 5.69 Å². The quantitative estimate of drug-likeness (QED) is 0.262. The van der Waals surface area contributed by atoms with Crippen LogP contribution in [0, 0.1) is 5.92 Å². The second kappa shape index (κ2) is 14.6. The molecule has 0 fully saturated rings. The lowest BCUT2D eigenvalue weighted by Crippen LogP contribution is -2.52. The number of anilines is 1. The summed E-state index contributed by atoms with van der Waals surface area (Å²) in [6, 6.07) is 18.3. The minimum atomic E-state index is -4.18. The van der Waals surface area contributed by atoms with E-state index in [9.17, 15) is 18.0 Å². The molecule has 0 aliphatic carbocycles. The first-order chi connectivity index (χ1) is 19.5. The van der Waals surface area contributed by atoms with Crippen LogP contribution in [0.2, 0.25) is 10.0 Å². The Kier molecular flexibility index (Phi) is 11.5. The number of halogens is 2. The molecule has 3 aromatic carbocycles. The molecular formula is C30H35Cl2N3O5S. The van der Waals surface area contributed by atoms with Crippen LogP contribution in [0.5, 0.6) is 5.75 Å². The van der Waals surface area contributed by atoms with E-state index in [1.165, 1.54) is 24.1 Å². The summed E-state index contributed by atoms with van der Waals surface area (Å²) in [5.74, 6) is -0.197. The van der Waals surface area contributed by atoms with Gasteiger partial charge < -0.3 is 15.0 Å². The molecule has 41 heavy (non-hydrogen) atoms. The van der Waals surface area contributed by atoms with Gasteiger partial charge in [0, 0.05) is 23.1 Å². The molecule has 0 saturated carbocycles. The fourth-order valence-corrected chi connectivity index (χ4v) is 6.06. The van der Waals surface area contributed by atoms with E-state index >= 15 is 0 Å². The van der Waals surface area contributed by atoms with E-state index in [0.717, 1.165) is 4.31 Å². The SMILES string of the molecule is CCC(C(=O)NCC(C)C)N(Cc1ccc(Cl)cc1Cl)C(=O)CN(c1ccccc1)S(=O)(=O)c1ccc(OC)cc1. The molecule has 11 heteroatoms. The highest BCUT2D eigenvalue weighted by Gasteiger charge is 2.34. The van der Waals surface area contributed by atoms with E-state index in [0.29, 0.717) is 40.0 Å². The summed E-state index contributed by atoms with van der Waals surface area (Å²) in [6.07, 6.45) is 0.303.